The van der Waals surface area contributed by atoms with Crippen molar-refractivity contribution in [2.75, 3.05) is 5.32 Å². The summed E-state index contributed by atoms with van der Waals surface area (Å²) in [5.41, 5.74) is 3.63. The third kappa shape index (κ3) is 6.66. The smallest absolute Gasteiger partial charge is 0.256 e. The molecule has 0 spiro atoms. The summed E-state index contributed by atoms with van der Waals surface area (Å²) in [7, 11) is 0. The molecule has 1 heterocycles. The molecular formula is C27H24BrCl2N3O2. The number of amides is 1. The minimum absolute atomic E-state index is 0.256. The molecule has 0 unspecified atom stereocenters. The molecule has 4 rings (SSSR count). The molecule has 0 atom stereocenters. The minimum Gasteiger partial charge on any atom is -0.489 e. The topological polar surface area (TPSA) is 56.1 Å². The van der Waals surface area contributed by atoms with Gasteiger partial charge in [0.15, 0.2) is 5.82 Å². The molecule has 8 heteroatoms. The van der Waals surface area contributed by atoms with E-state index in [2.05, 4.69) is 52.3 Å². The maximum absolute atomic E-state index is 12.9. The number of carbonyl (C=O) groups is 1. The first-order chi connectivity index (χ1) is 16.8. The van der Waals surface area contributed by atoms with Crippen molar-refractivity contribution in [1.82, 2.24) is 9.78 Å². The SMILES string of the molecule is CC(C)c1ccc(OCc2cccc(C(=O)Nc3nn(Cc4ccc(Cl)c(Cl)c4)cc3Br)c2)cc1. The number of halogens is 3. The van der Waals surface area contributed by atoms with E-state index in [1.165, 1.54) is 5.56 Å². The van der Waals surface area contributed by atoms with Crippen molar-refractivity contribution in [2.24, 2.45) is 0 Å². The van der Waals surface area contributed by atoms with Crippen LogP contribution in [0, 0.1) is 0 Å². The summed E-state index contributed by atoms with van der Waals surface area (Å²) in [4.78, 5) is 12.9. The van der Waals surface area contributed by atoms with E-state index >= 15 is 0 Å². The van der Waals surface area contributed by atoms with Crippen molar-refractivity contribution >= 4 is 50.9 Å². The second-order valence-corrected chi connectivity index (χ2v) is 10.1. The highest BCUT2D eigenvalue weighted by molar-refractivity contribution is 9.10. The van der Waals surface area contributed by atoms with Gasteiger partial charge in [0.05, 0.1) is 21.1 Å². The monoisotopic (exact) mass is 571 g/mol. The molecule has 0 bridgehead atoms. The van der Waals surface area contributed by atoms with Crippen LogP contribution in [0.1, 0.15) is 46.8 Å². The summed E-state index contributed by atoms with van der Waals surface area (Å²) < 4.78 is 8.29. The standard InChI is InChI=1S/C27H24BrCl2N3O2/c1-17(2)20-7-9-22(10-8-20)35-16-19-4-3-5-21(12-19)27(34)31-26-23(28)15-33(32-26)14-18-6-11-24(29)25(30)13-18/h3-13,15,17H,14,16H2,1-2H3,(H,31,32,34). The van der Waals surface area contributed by atoms with Crippen molar-refractivity contribution in [3.8, 4) is 5.75 Å². The van der Waals surface area contributed by atoms with Crippen LogP contribution in [0.4, 0.5) is 5.82 Å². The fourth-order valence-corrected chi connectivity index (χ4v) is 4.22. The fraction of sp³-hybridized carbons (Fsp3) is 0.185. The molecule has 5 nitrogen and oxygen atoms in total. The number of anilines is 1. The lowest BCUT2D eigenvalue weighted by Gasteiger charge is -2.10. The van der Waals surface area contributed by atoms with Crippen LogP contribution in [0.3, 0.4) is 0 Å². The number of carbonyl (C=O) groups excluding carboxylic acids is 1. The van der Waals surface area contributed by atoms with Gasteiger partial charge in [-0.3, -0.25) is 9.48 Å². The van der Waals surface area contributed by atoms with Gasteiger partial charge in [-0.15, -0.1) is 0 Å². The number of benzene rings is 3. The third-order valence-corrected chi connectivity index (χ3v) is 6.74. The summed E-state index contributed by atoms with van der Waals surface area (Å²) >= 11 is 15.6. The molecule has 1 aromatic heterocycles. The summed E-state index contributed by atoms with van der Waals surface area (Å²) in [6.45, 7) is 5.16. The van der Waals surface area contributed by atoms with Gasteiger partial charge in [0.25, 0.3) is 5.91 Å². The van der Waals surface area contributed by atoms with E-state index in [1.807, 2.05) is 36.4 Å². The largest absolute Gasteiger partial charge is 0.489 e. The van der Waals surface area contributed by atoms with Crippen molar-refractivity contribution in [3.63, 3.8) is 0 Å². The molecular weight excluding hydrogens is 549 g/mol. The van der Waals surface area contributed by atoms with Gasteiger partial charge in [0.2, 0.25) is 0 Å². The number of ether oxygens (including phenoxy) is 1. The van der Waals surface area contributed by atoms with Crippen molar-refractivity contribution in [2.45, 2.75) is 32.9 Å². The number of rotatable bonds is 8. The average Bonchev–Trinajstić information content (AvgIpc) is 3.18. The molecule has 1 amide bonds. The molecule has 0 fully saturated rings. The Hall–Kier alpha value is -2.80. The quantitative estimate of drug-likeness (QED) is 0.233. The molecule has 1 N–H and O–H groups in total. The number of hydrogen-bond acceptors (Lipinski definition) is 3. The maximum Gasteiger partial charge on any atom is 0.256 e. The van der Waals surface area contributed by atoms with Crippen molar-refractivity contribution in [3.05, 3.63) is 110 Å². The highest BCUT2D eigenvalue weighted by atomic mass is 79.9. The van der Waals surface area contributed by atoms with Gasteiger partial charge in [0, 0.05) is 11.8 Å². The zero-order valence-corrected chi connectivity index (χ0v) is 22.4. The predicted octanol–water partition coefficient (Wildman–Crippen LogP) is 7.96. The van der Waals surface area contributed by atoms with Gasteiger partial charge in [-0.1, -0.05) is 67.4 Å². The Morgan fingerprint density at radius 2 is 1.80 bits per heavy atom. The highest BCUT2D eigenvalue weighted by Gasteiger charge is 2.13. The molecule has 0 aliphatic rings. The minimum atomic E-state index is -0.256. The second-order valence-electron chi connectivity index (χ2n) is 8.44. The van der Waals surface area contributed by atoms with Gasteiger partial charge in [-0.2, -0.15) is 5.10 Å². The summed E-state index contributed by atoms with van der Waals surface area (Å²) in [6, 6.07) is 20.9. The molecule has 0 aliphatic carbocycles. The molecule has 0 radical (unpaired) electrons. The lowest BCUT2D eigenvalue weighted by atomic mass is 10.0. The Bertz CT molecular complexity index is 1340. The van der Waals surface area contributed by atoms with Crippen LogP contribution in [0.15, 0.2) is 77.4 Å². The summed E-state index contributed by atoms with van der Waals surface area (Å²) in [5.74, 6) is 1.44. The zero-order chi connectivity index (χ0) is 24.9. The van der Waals surface area contributed by atoms with E-state index in [0.717, 1.165) is 16.9 Å². The van der Waals surface area contributed by atoms with Crippen LogP contribution in [0.2, 0.25) is 10.0 Å². The van der Waals surface area contributed by atoms with Crippen LogP contribution < -0.4 is 10.1 Å². The predicted molar refractivity (Wildman–Crippen MR) is 145 cm³/mol. The van der Waals surface area contributed by atoms with Gasteiger partial charge in [-0.05, 0) is 74.9 Å². The molecule has 35 heavy (non-hydrogen) atoms. The van der Waals surface area contributed by atoms with Gasteiger partial charge in [0.1, 0.15) is 12.4 Å². The Balaban J connectivity index is 1.39. The van der Waals surface area contributed by atoms with Crippen molar-refractivity contribution in [1.29, 1.82) is 0 Å². The molecule has 4 aromatic rings. The summed E-state index contributed by atoms with van der Waals surface area (Å²) in [5, 5.41) is 8.33. The van der Waals surface area contributed by atoms with Crippen LogP contribution in [0.5, 0.6) is 5.75 Å². The van der Waals surface area contributed by atoms with Crippen LogP contribution >= 0.6 is 39.1 Å². The fourth-order valence-electron chi connectivity index (χ4n) is 3.49. The number of nitrogens with zero attached hydrogens (tertiary/aromatic N) is 2. The van der Waals surface area contributed by atoms with Crippen LogP contribution in [-0.4, -0.2) is 15.7 Å². The molecule has 0 aliphatic heterocycles. The van der Waals surface area contributed by atoms with Gasteiger partial charge < -0.3 is 10.1 Å². The number of aromatic nitrogens is 2. The van der Waals surface area contributed by atoms with E-state index in [9.17, 15) is 4.79 Å². The zero-order valence-electron chi connectivity index (χ0n) is 19.3. The normalized spacial score (nSPS) is 11.0. The van der Waals surface area contributed by atoms with Crippen LogP contribution in [-0.2, 0) is 13.2 Å². The van der Waals surface area contributed by atoms with E-state index < -0.39 is 0 Å². The lowest BCUT2D eigenvalue weighted by molar-refractivity contribution is 0.102. The second kappa shape index (κ2) is 11.3. The Labute approximate surface area is 223 Å². The number of nitrogens with one attached hydrogen (secondary N) is 1. The molecule has 0 saturated heterocycles. The van der Waals surface area contributed by atoms with E-state index in [1.54, 1.807) is 29.1 Å². The summed E-state index contributed by atoms with van der Waals surface area (Å²) in [6.07, 6.45) is 1.80. The van der Waals surface area contributed by atoms with E-state index in [4.69, 9.17) is 27.9 Å². The van der Waals surface area contributed by atoms with Gasteiger partial charge in [-0.25, -0.2) is 0 Å². The first-order valence-electron chi connectivity index (χ1n) is 11.1. The Kier molecular flexibility index (Phi) is 8.16. The first-order valence-corrected chi connectivity index (χ1v) is 12.6. The first kappa shape index (κ1) is 25.3. The highest BCUT2D eigenvalue weighted by Crippen LogP contribution is 2.25. The molecule has 3 aromatic carbocycles. The average molecular weight is 573 g/mol. The lowest BCUT2D eigenvalue weighted by Crippen LogP contribution is -2.13. The third-order valence-electron chi connectivity index (χ3n) is 5.42. The van der Waals surface area contributed by atoms with Gasteiger partial charge >= 0.3 is 0 Å². The van der Waals surface area contributed by atoms with E-state index in [0.29, 0.717) is 45.0 Å². The number of hydrogen-bond donors (Lipinski definition) is 1. The van der Waals surface area contributed by atoms with Crippen LogP contribution in [0.25, 0.3) is 0 Å². The Morgan fingerprint density at radius 1 is 1.03 bits per heavy atom. The molecule has 0 saturated carbocycles. The van der Waals surface area contributed by atoms with E-state index in [-0.39, 0.29) is 5.91 Å². The maximum atomic E-state index is 12.9. The Morgan fingerprint density at radius 3 is 2.51 bits per heavy atom. The van der Waals surface area contributed by atoms with Crippen molar-refractivity contribution < 1.29 is 9.53 Å². The molecule has 180 valence electrons.